The predicted molar refractivity (Wildman–Crippen MR) is 80.8 cm³/mol. The van der Waals surface area contributed by atoms with Crippen LogP contribution in [0.25, 0.3) is 11.0 Å². The lowest BCUT2D eigenvalue weighted by atomic mass is 9.95. The van der Waals surface area contributed by atoms with Crippen LogP contribution in [0.3, 0.4) is 0 Å². The van der Waals surface area contributed by atoms with E-state index in [9.17, 15) is 0 Å². The summed E-state index contributed by atoms with van der Waals surface area (Å²) in [7, 11) is 0. The lowest BCUT2D eigenvalue weighted by Gasteiger charge is -2.26. The van der Waals surface area contributed by atoms with Crippen LogP contribution in [0.1, 0.15) is 61.8 Å². The zero-order chi connectivity index (χ0) is 14.1. The summed E-state index contributed by atoms with van der Waals surface area (Å²) in [6, 6.07) is 8.38. The Bertz CT molecular complexity index is 660. The lowest BCUT2D eigenvalue weighted by Crippen LogP contribution is -2.15. The van der Waals surface area contributed by atoms with Gasteiger partial charge in [0.05, 0.1) is 28.0 Å². The quantitative estimate of drug-likeness (QED) is 0.750. The van der Waals surface area contributed by atoms with Gasteiger partial charge in [0.2, 0.25) is 0 Å². The van der Waals surface area contributed by atoms with Crippen molar-refractivity contribution in [3.8, 4) is 6.07 Å². The zero-order valence-corrected chi connectivity index (χ0v) is 12.4. The highest BCUT2D eigenvalue weighted by atomic mass is 35.5. The molecular weight excluding hydrogens is 270 g/mol. The Morgan fingerprint density at radius 1 is 1.35 bits per heavy atom. The minimum Gasteiger partial charge on any atom is -0.324 e. The fourth-order valence-corrected chi connectivity index (χ4v) is 3.34. The van der Waals surface area contributed by atoms with E-state index in [1.54, 1.807) is 0 Å². The van der Waals surface area contributed by atoms with E-state index in [0.717, 1.165) is 16.9 Å². The second-order valence-corrected chi connectivity index (χ2v) is 6.22. The zero-order valence-electron chi connectivity index (χ0n) is 11.6. The smallest absolute Gasteiger partial charge is 0.127 e. The maximum absolute atomic E-state index is 9.11. The van der Waals surface area contributed by atoms with Gasteiger partial charge >= 0.3 is 0 Å². The molecule has 0 N–H and O–H groups in total. The van der Waals surface area contributed by atoms with Crippen LogP contribution in [0.2, 0.25) is 0 Å². The number of halogens is 1. The average molecular weight is 288 g/mol. The Balaban J connectivity index is 2.19. The molecule has 0 radical (unpaired) electrons. The van der Waals surface area contributed by atoms with E-state index in [0.29, 0.717) is 11.6 Å². The maximum Gasteiger partial charge on any atom is 0.127 e. The molecule has 0 aliphatic heterocycles. The largest absolute Gasteiger partial charge is 0.324 e. The minimum atomic E-state index is -0.116. The molecule has 1 aliphatic rings. The fraction of sp³-hybridized carbons (Fsp3) is 0.500. The van der Waals surface area contributed by atoms with Gasteiger partial charge in [-0.15, -0.1) is 11.6 Å². The van der Waals surface area contributed by atoms with Gasteiger partial charge in [-0.3, -0.25) is 0 Å². The van der Waals surface area contributed by atoms with Gasteiger partial charge < -0.3 is 4.57 Å². The molecule has 0 amide bonds. The highest BCUT2D eigenvalue weighted by Crippen LogP contribution is 2.35. The SMILES string of the molecule is CC(Cl)c1nc2ccc(C#N)cc2n1C1CCCCC1. The van der Waals surface area contributed by atoms with Crippen LogP contribution in [0, 0.1) is 11.3 Å². The molecule has 1 aromatic heterocycles. The number of alkyl halides is 1. The monoisotopic (exact) mass is 287 g/mol. The number of nitrogens with zero attached hydrogens (tertiary/aromatic N) is 3. The number of aromatic nitrogens is 2. The van der Waals surface area contributed by atoms with E-state index in [4.69, 9.17) is 16.9 Å². The molecule has 0 saturated heterocycles. The molecule has 2 aromatic rings. The number of nitriles is 1. The minimum absolute atomic E-state index is 0.116. The van der Waals surface area contributed by atoms with Crippen molar-refractivity contribution in [2.75, 3.05) is 0 Å². The molecule has 3 rings (SSSR count). The Morgan fingerprint density at radius 2 is 2.10 bits per heavy atom. The van der Waals surface area contributed by atoms with Crippen LogP contribution in [0.15, 0.2) is 18.2 Å². The van der Waals surface area contributed by atoms with E-state index in [2.05, 4.69) is 15.6 Å². The molecule has 1 aromatic carbocycles. The van der Waals surface area contributed by atoms with Crippen LogP contribution in [0.5, 0.6) is 0 Å². The molecule has 1 heterocycles. The van der Waals surface area contributed by atoms with E-state index >= 15 is 0 Å². The summed E-state index contributed by atoms with van der Waals surface area (Å²) in [4.78, 5) is 4.68. The van der Waals surface area contributed by atoms with E-state index < -0.39 is 0 Å². The van der Waals surface area contributed by atoms with Crippen LogP contribution in [0.4, 0.5) is 0 Å². The van der Waals surface area contributed by atoms with E-state index in [1.165, 1.54) is 32.1 Å². The van der Waals surface area contributed by atoms with Gasteiger partial charge in [0.15, 0.2) is 0 Å². The average Bonchev–Trinajstić information content (AvgIpc) is 2.86. The molecule has 1 unspecified atom stereocenters. The van der Waals surface area contributed by atoms with Crippen molar-refractivity contribution < 1.29 is 0 Å². The molecule has 104 valence electrons. The first-order chi connectivity index (χ1) is 9.70. The van der Waals surface area contributed by atoms with Gasteiger partial charge in [-0.05, 0) is 38.0 Å². The topological polar surface area (TPSA) is 41.6 Å². The first kappa shape index (κ1) is 13.5. The number of hydrogen-bond donors (Lipinski definition) is 0. The molecule has 1 aliphatic carbocycles. The number of hydrogen-bond acceptors (Lipinski definition) is 2. The van der Waals surface area contributed by atoms with Crippen LogP contribution in [-0.2, 0) is 0 Å². The summed E-state index contributed by atoms with van der Waals surface area (Å²) in [5, 5.41) is 8.99. The molecular formula is C16H18ClN3. The van der Waals surface area contributed by atoms with Crippen molar-refractivity contribution in [1.82, 2.24) is 9.55 Å². The number of benzene rings is 1. The summed E-state index contributed by atoms with van der Waals surface area (Å²) < 4.78 is 2.28. The first-order valence-corrected chi connectivity index (χ1v) is 7.70. The predicted octanol–water partition coefficient (Wildman–Crippen LogP) is 4.71. The number of imidazole rings is 1. The van der Waals surface area contributed by atoms with Gasteiger partial charge in [0.25, 0.3) is 0 Å². The molecule has 1 saturated carbocycles. The molecule has 1 fully saturated rings. The summed E-state index contributed by atoms with van der Waals surface area (Å²) in [6.45, 7) is 1.97. The molecule has 0 bridgehead atoms. The lowest BCUT2D eigenvalue weighted by molar-refractivity contribution is 0.352. The van der Waals surface area contributed by atoms with Crippen LogP contribution in [-0.4, -0.2) is 9.55 Å². The Kier molecular flexibility index (Phi) is 3.67. The van der Waals surface area contributed by atoms with Gasteiger partial charge in [-0.2, -0.15) is 5.26 Å². The van der Waals surface area contributed by atoms with Crippen LogP contribution >= 0.6 is 11.6 Å². The van der Waals surface area contributed by atoms with Gasteiger partial charge in [-0.1, -0.05) is 19.3 Å². The van der Waals surface area contributed by atoms with Crippen molar-refractivity contribution >= 4 is 22.6 Å². The van der Waals surface area contributed by atoms with Crippen LogP contribution < -0.4 is 0 Å². The third kappa shape index (κ3) is 2.29. The number of rotatable bonds is 2. The summed E-state index contributed by atoms with van der Waals surface area (Å²) in [5.41, 5.74) is 2.68. The third-order valence-electron chi connectivity index (χ3n) is 4.14. The highest BCUT2D eigenvalue weighted by Gasteiger charge is 2.23. The molecule has 0 spiro atoms. The summed E-state index contributed by atoms with van der Waals surface area (Å²) in [6.07, 6.45) is 6.20. The fourth-order valence-electron chi connectivity index (χ4n) is 3.18. The third-order valence-corrected chi connectivity index (χ3v) is 4.34. The van der Waals surface area contributed by atoms with Gasteiger partial charge in [0.1, 0.15) is 5.82 Å². The normalized spacial score (nSPS) is 18.1. The van der Waals surface area contributed by atoms with Crippen molar-refractivity contribution in [2.45, 2.75) is 50.4 Å². The van der Waals surface area contributed by atoms with Gasteiger partial charge in [0, 0.05) is 6.04 Å². The second-order valence-electron chi connectivity index (χ2n) is 5.56. The van der Waals surface area contributed by atoms with Crippen molar-refractivity contribution in [3.63, 3.8) is 0 Å². The maximum atomic E-state index is 9.11. The molecule has 3 nitrogen and oxygen atoms in total. The van der Waals surface area contributed by atoms with Gasteiger partial charge in [-0.25, -0.2) is 4.98 Å². The number of fused-ring (bicyclic) bond motifs is 1. The standard InChI is InChI=1S/C16H18ClN3/c1-11(17)16-19-14-8-7-12(10-18)9-15(14)20(16)13-5-3-2-4-6-13/h7-9,11,13H,2-6H2,1H3. The van der Waals surface area contributed by atoms with E-state index in [1.807, 2.05) is 25.1 Å². The Morgan fingerprint density at radius 3 is 2.75 bits per heavy atom. The molecule has 20 heavy (non-hydrogen) atoms. The highest BCUT2D eigenvalue weighted by molar-refractivity contribution is 6.20. The Hall–Kier alpha value is -1.53. The second kappa shape index (κ2) is 5.46. The van der Waals surface area contributed by atoms with Crippen molar-refractivity contribution in [3.05, 3.63) is 29.6 Å². The summed E-state index contributed by atoms with van der Waals surface area (Å²) in [5.74, 6) is 0.934. The first-order valence-electron chi connectivity index (χ1n) is 7.27. The van der Waals surface area contributed by atoms with E-state index in [-0.39, 0.29) is 5.38 Å². The molecule has 1 atom stereocenters. The summed E-state index contributed by atoms with van der Waals surface area (Å²) >= 11 is 6.32. The van der Waals surface area contributed by atoms with Crippen molar-refractivity contribution in [1.29, 1.82) is 5.26 Å². The molecule has 4 heteroatoms. The van der Waals surface area contributed by atoms with Crippen molar-refractivity contribution in [2.24, 2.45) is 0 Å². The Labute approximate surface area is 124 Å².